The van der Waals surface area contributed by atoms with Crippen molar-refractivity contribution in [3.63, 3.8) is 0 Å². The van der Waals surface area contributed by atoms with Gasteiger partial charge in [0.1, 0.15) is 0 Å². The Morgan fingerprint density at radius 2 is 1.70 bits per heavy atom. The Labute approximate surface area is 174 Å². The summed E-state index contributed by atoms with van der Waals surface area (Å²) in [5.41, 5.74) is -1.82. The number of alkyl halides is 3. The van der Waals surface area contributed by atoms with Crippen LogP contribution < -0.4 is 10.6 Å². The van der Waals surface area contributed by atoms with E-state index < -0.39 is 23.7 Å². The second-order valence-corrected chi connectivity index (χ2v) is 7.60. The zero-order valence-corrected chi connectivity index (χ0v) is 17.1. The summed E-state index contributed by atoms with van der Waals surface area (Å²) < 4.78 is 47.7. The quantitative estimate of drug-likeness (QED) is 0.462. The number of halogens is 3. The van der Waals surface area contributed by atoms with Gasteiger partial charge >= 0.3 is 17.8 Å². The Balaban J connectivity index is 2.08. The van der Waals surface area contributed by atoms with Crippen LogP contribution in [0, 0.1) is 13.8 Å². The number of ether oxygens (including phenoxy) is 1. The van der Waals surface area contributed by atoms with Crippen molar-refractivity contribution in [3.8, 4) is 0 Å². The summed E-state index contributed by atoms with van der Waals surface area (Å²) in [5.74, 6) is -2.80. The standard InChI is InChI=1S/C20H18F3N3O3S/c1-11-7-4-5-9-13(11)16(27)25-19(17(28)29-3,20(21,22)23)26-18-24-15-12(2)8-6-10-14(15)30-18/h4-10H,1-3H3,(H,24,26)(H,25,27)/t19-/m1/s1. The molecule has 2 aromatic carbocycles. The zero-order chi connectivity index (χ0) is 22.1. The van der Waals surface area contributed by atoms with Crippen molar-refractivity contribution in [3.05, 3.63) is 59.2 Å². The molecule has 0 fully saturated rings. The van der Waals surface area contributed by atoms with E-state index in [1.165, 1.54) is 12.1 Å². The lowest BCUT2D eigenvalue weighted by Gasteiger charge is -2.34. The first kappa shape index (κ1) is 21.6. The van der Waals surface area contributed by atoms with Gasteiger partial charge in [-0.1, -0.05) is 41.7 Å². The number of hydrogen-bond donors (Lipinski definition) is 2. The van der Waals surface area contributed by atoms with Gasteiger partial charge in [-0.05, 0) is 37.1 Å². The molecule has 6 nitrogen and oxygen atoms in total. The van der Waals surface area contributed by atoms with Crippen molar-refractivity contribution in [2.75, 3.05) is 12.4 Å². The molecular weight excluding hydrogens is 419 g/mol. The first-order valence-corrected chi connectivity index (χ1v) is 9.58. The lowest BCUT2D eigenvalue weighted by atomic mass is 10.1. The number of amides is 1. The monoisotopic (exact) mass is 437 g/mol. The summed E-state index contributed by atoms with van der Waals surface area (Å²) in [6.45, 7) is 3.34. The lowest BCUT2D eigenvalue weighted by Crippen LogP contribution is -2.69. The first-order valence-electron chi connectivity index (χ1n) is 8.76. The summed E-state index contributed by atoms with van der Waals surface area (Å²) in [5, 5.41) is 3.71. The smallest absolute Gasteiger partial charge is 0.442 e. The zero-order valence-electron chi connectivity index (χ0n) is 16.3. The van der Waals surface area contributed by atoms with Crippen LogP contribution in [0.25, 0.3) is 10.2 Å². The van der Waals surface area contributed by atoms with Gasteiger partial charge in [-0.25, -0.2) is 9.78 Å². The van der Waals surface area contributed by atoms with Crippen molar-refractivity contribution in [2.24, 2.45) is 0 Å². The number of rotatable bonds is 5. The van der Waals surface area contributed by atoms with E-state index in [2.05, 4.69) is 15.0 Å². The normalized spacial score (nSPS) is 13.5. The molecule has 158 valence electrons. The molecule has 0 aliphatic rings. The first-order chi connectivity index (χ1) is 14.1. The number of fused-ring (bicyclic) bond motifs is 1. The molecule has 3 aromatic rings. The highest BCUT2D eigenvalue weighted by atomic mass is 32.1. The van der Waals surface area contributed by atoms with Gasteiger partial charge in [-0.15, -0.1) is 0 Å². The van der Waals surface area contributed by atoms with Gasteiger partial charge < -0.3 is 15.4 Å². The minimum absolute atomic E-state index is 0.00280. The molecule has 1 aromatic heterocycles. The number of para-hydroxylation sites is 1. The molecule has 30 heavy (non-hydrogen) atoms. The summed E-state index contributed by atoms with van der Waals surface area (Å²) in [4.78, 5) is 29.2. The Morgan fingerprint density at radius 1 is 1.03 bits per heavy atom. The molecule has 0 spiro atoms. The van der Waals surface area contributed by atoms with Crippen LogP contribution in [0.2, 0.25) is 0 Å². The average Bonchev–Trinajstić information content (AvgIpc) is 3.10. The summed E-state index contributed by atoms with van der Waals surface area (Å²) >= 11 is 0.927. The molecule has 2 N–H and O–H groups in total. The maximum Gasteiger partial charge on any atom is 0.442 e. The van der Waals surface area contributed by atoms with Gasteiger partial charge in [0.05, 0.1) is 17.3 Å². The fraction of sp³-hybridized carbons (Fsp3) is 0.250. The van der Waals surface area contributed by atoms with Crippen LogP contribution in [0.4, 0.5) is 18.3 Å². The number of benzene rings is 2. The van der Waals surface area contributed by atoms with E-state index in [4.69, 9.17) is 0 Å². The van der Waals surface area contributed by atoms with Crippen LogP contribution in [-0.4, -0.2) is 35.8 Å². The number of aryl methyl sites for hydroxylation is 2. The van der Waals surface area contributed by atoms with Crippen molar-refractivity contribution >= 4 is 38.6 Å². The summed E-state index contributed by atoms with van der Waals surface area (Å²) in [6, 6.07) is 11.3. The number of nitrogens with one attached hydrogen (secondary N) is 2. The minimum Gasteiger partial charge on any atom is -0.466 e. The number of carbonyl (C=O) groups is 2. The van der Waals surface area contributed by atoms with E-state index in [1.54, 1.807) is 49.5 Å². The molecule has 0 saturated carbocycles. The number of methoxy groups -OCH3 is 1. The maximum atomic E-state index is 14.2. The molecule has 0 aliphatic carbocycles. The average molecular weight is 437 g/mol. The van der Waals surface area contributed by atoms with E-state index in [9.17, 15) is 22.8 Å². The molecule has 0 aliphatic heterocycles. The molecule has 1 amide bonds. The van der Waals surface area contributed by atoms with Crippen LogP contribution in [0.3, 0.4) is 0 Å². The molecule has 0 radical (unpaired) electrons. The lowest BCUT2D eigenvalue weighted by molar-refractivity contribution is -0.203. The molecule has 0 bridgehead atoms. The number of nitrogens with zero attached hydrogens (tertiary/aromatic N) is 1. The molecular formula is C20H18F3N3O3S. The van der Waals surface area contributed by atoms with E-state index in [0.717, 1.165) is 24.0 Å². The molecule has 0 saturated heterocycles. The van der Waals surface area contributed by atoms with Crippen LogP contribution in [0.15, 0.2) is 42.5 Å². The van der Waals surface area contributed by atoms with E-state index >= 15 is 0 Å². The van der Waals surface area contributed by atoms with Gasteiger partial charge in [0.25, 0.3) is 5.91 Å². The van der Waals surface area contributed by atoms with Crippen LogP contribution in [0.5, 0.6) is 0 Å². The number of anilines is 1. The third-order valence-corrected chi connectivity index (χ3v) is 5.46. The maximum absolute atomic E-state index is 14.2. The van der Waals surface area contributed by atoms with Crippen molar-refractivity contribution in [1.82, 2.24) is 10.3 Å². The van der Waals surface area contributed by atoms with Gasteiger partial charge in [0.2, 0.25) is 0 Å². The van der Waals surface area contributed by atoms with E-state index in [-0.39, 0.29) is 10.7 Å². The molecule has 10 heteroatoms. The molecule has 1 heterocycles. The van der Waals surface area contributed by atoms with Crippen molar-refractivity contribution in [2.45, 2.75) is 25.7 Å². The fourth-order valence-electron chi connectivity index (χ4n) is 2.91. The number of esters is 1. The number of hydrogen-bond acceptors (Lipinski definition) is 6. The van der Waals surface area contributed by atoms with Gasteiger partial charge in [0, 0.05) is 5.56 Å². The fourth-order valence-corrected chi connectivity index (χ4v) is 3.91. The second-order valence-electron chi connectivity index (χ2n) is 6.57. The van der Waals surface area contributed by atoms with Crippen molar-refractivity contribution in [1.29, 1.82) is 0 Å². The SMILES string of the molecule is COC(=O)[C@@](NC(=O)c1ccccc1C)(Nc1nc2c(C)cccc2s1)C(F)(F)F. The highest BCUT2D eigenvalue weighted by Gasteiger charge is 2.64. The highest BCUT2D eigenvalue weighted by molar-refractivity contribution is 7.22. The predicted octanol–water partition coefficient (Wildman–Crippen LogP) is 4.19. The van der Waals surface area contributed by atoms with Gasteiger partial charge in [0.15, 0.2) is 5.13 Å². The van der Waals surface area contributed by atoms with Gasteiger partial charge in [-0.2, -0.15) is 13.2 Å². The van der Waals surface area contributed by atoms with E-state index in [0.29, 0.717) is 15.8 Å². The molecule has 3 rings (SSSR count). The van der Waals surface area contributed by atoms with Gasteiger partial charge in [-0.3, -0.25) is 4.79 Å². The second kappa shape index (κ2) is 7.94. The topological polar surface area (TPSA) is 80.3 Å². The third kappa shape index (κ3) is 3.82. The Kier molecular flexibility index (Phi) is 5.71. The van der Waals surface area contributed by atoms with Crippen molar-refractivity contribution < 1.29 is 27.5 Å². The molecule has 0 unspecified atom stereocenters. The number of carbonyl (C=O) groups excluding carboxylic acids is 2. The minimum atomic E-state index is -5.23. The number of aromatic nitrogens is 1. The Bertz CT molecular complexity index is 1110. The Hall–Kier alpha value is -3.14. The summed E-state index contributed by atoms with van der Waals surface area (Å²) in [7, 11) is 0.812. The molecule has 1 atom stereocenters. The van der Waals surface area contributed by atoms with Crippen LogP contribution in [0.1, 0.15) is 21.5 Å². The third-order valence-electron chi connectivity index (χ3n) is 4.52. The number of thiazole rings is 1. The van der Waals surface area contributed by atoms with E-state index in [1.807, 2.05) is 0 Å². The summed E-state index contributed by atoms with van der Waals surface area (Å²) in [6.07, 6.45) is -5.23. The highest BCUT2D eigenvalue weighted by Crippen LogP contribution is 2.36. The van der Waals surface area contributed by atoms with Crippen LogP contribution in [-0.2, 0) is 9.53 Å². The largest absolute Gasteiger partial charge is 0.466 e. The predicted molar refractivity (Wildman–Crippen MR) is 107 cm³/mol. The Morgan fingerprint density at radius 3 is 2.30 bits per heavy atom. The van der Waals surface area contributed by atoms with Crippen LogP contribution >= 0.6 is 11.3 Å².